The number of fused-ring (bicyclic) bond motifs is 1. The van der Waals surface area contributed by atoms with Crippen molar-refractivity contribution >= 4 is 35.0 Å². The van der Waals surface area contributed by atoms with E-state index in [0.29, 0.717) is 11.6 Å². The first-order valence-electron chi connectivity index (χ1n) is 10.5. The summed E-state index contributed by atoms with van der Waals surface area (Å²) in [5, 5.41) is 29.3. The largest absolute Gasteiger partial charge is 0.488 e. The standard InChI is InChI=1S/C19H15FN4.C6H6BFO2/c1-12-9-18(24-23-12)21-17-11-13-5-2-3-8-16(13)19(22-17)14-6-4-7-15(20)10-14;8-6-3-1-2-5(4-6)7(9)10/h2-11H,1H3,(H2,21,22,23,24);1-4,9-10H. The van der Waals surface area contributed by atoms with Crippen LogP contribution < -0.4 is 10.8 Å². The van der Waals surface area contributed by atoms with E-state index in [9.17, 15) is 8.78 Å². The maximum absolute atomic E-state index is 13.6. The van der Waals surface area contributed by atoms with Crippen molar-refractivity contribution in [3.8, 4) is 11.3 Å². The Morgan fingerprint density at radius 2 is 1.56 bits per heavy atom. The van der Waals surface area contributed by atoms with E-state index in [-0.39, 0.29) is 11.3 Å². The Balaban J connectivity index is 0.000000231. The Morgan fingerprint density at radius 1 is 0.824 bits per heavy atom. The summed E-state index contributed by atoms with van der Waals surface area (Å²) < 4.78 is 26.0. The number of halogens is 2. The number of aryl methyl sites for hydroxylation is 1. The summed E-state index contributed by atoms with van der Waals surface area (Å²) in [6.07, 6.45) is 0. The zero-order valence-corrected chi connectivity index (χ0v) is 18.2. The van der Waals surface area contributed by atoms with Crippen LogP contribution in [0.2, 0.25) is 0 Å². The monoisotopic (exact) mass is 458 g/mol. The van der Waals surface area contributed by atoms with Gasteiger partial charge in [-0.2, -0.15) is 5.10 Å². The third kappa shape index (κ3) is 5.64. The van der Waals surface area contributed by atoms with Crippen LogP contribution in [0.3, 0.4) is 0 Å². The predicted molar refractivity (Wildman–Crippen MR) is 130 cm³/mol. The number of anilines is 2. The first kappa shape index (κ1) is 23.1. The second-order valence-electron chi connectivity index (χ2n) is 7.58. The predicted octanol–water partition coefficient (Wildman–Crippen LogP) is 4.32. The maximum atomic E-state index is 13.6. The van der Waals surface area contributed by atoms with Gasteiger partial charge in [-0.3, -0.25) is 5.10 Å². The zero-order chi connectivity index (χ0) is 24.1. The van der Waals surface area contributed by atoms with Crippen LogP contribution in [-0.4, -0.2) is 32.3 Å². The number of nitrogens with one attached hydrogen (secondary N) is 2. The number of aromatic nitrogens is 3. The first-order valence-corrected chi connectivity index (χ1v) is 10.5. The summed E-state index contributed by atoms with van der Waals surface area (Å²) in [5.41, 5.74) is 2.61. The molecule has 5 rings (SSSR count). The Hall–Kier alpha value is -4.08. The lowest BCUT2D eigenvalue weighted by Crippen LogP contribution is -2.29. The van der Waals surface area contributed by atoms with Gasteiger partial charge >= 0.3 is 7.12 Å². The van der Waals surface area contributed by atoms with Crippen molar-refractivity contribution in [3.63, 3.8) is 0 Å². The van der Waals surface area contributed by atoms with Gasteiger partial charge in [0.15, 0.2) is 5.82 Å². The van der Waals surface area contributed by atoms with Gasteiger partial charge in [0, 0.05) is 22.7 Å². The van der Waals surface area contributed by atoms with Crippen LogP contribution in [0.5, 0.6) is 0 Å². The molecule has 0 saturated carbocycles. The maximum Gasteiger partial charge on any atom is 0.488 e. The molecule has 0 aliphatic heterocycles. The summed E-state index contributed by atoms with van der Waals surface area (Å²) in [6, 6.07) is 23.5. The molecule has 0 fully saturated rings. The van der Waals surface area contributed by atoms with E-state index in [4.69, 9.17) is 10.0 Å². The molecule has 0 bridgehead atoms. The molecule has 0 aliphatic rings. The zero-order valence-electron chi connectivity index (χ0n) is 18.2. The highest BCUT2D eigenvalue weighted by molar-refractivity contribution is 6.58. The molecule has 2 heterocycles. The van der Waals surface area contributed by atoms with Gasteiger partial charge in [-0.25, -0.2) is 13.8 Å². The normalized spacial score (nSPS) is 10.5. The van der Waals surface area contributed by atoms with Gasteiger partial charge in [0.1, 0.15) is 17.5 Å². The van der Waals surface area contributed by atoms with Crippen LogP contribution in [-0.2, 0) is 0 Å². The Labute approximate surface area is 195 Å². The summed E-state index contributed by atoms with van der Waals surface area (Å²) in [5.74, 6) is 0.616. The minimum atomic E-state index is -1.59. The minimum Gasteiger partial charge on any atom is -0.423 e. The van der Waals surface area contributed by atoms with Crippen molar-refractivity contribution in [3.05, 3.63) is 102 Å². The summed E-state index contributed by atoms with van der Waals surface area (Å²) in [7, 11) is -1.59. The molecular formula is C25H21BF2N4O2. The molecule has 170 valence electrons. The van der Waals surface area contributed by atoms with Gasteiger partial charge in [-0.05, 0) is 48.1 Å². The van der Waals surface area contributed by atoms with Crippen molar-refractivity contribution < 1.29 is 18.8 Å². The molecular weight excluding hydrogens is 437 g/mol. The van der Waals surface area contributed by atoms with Crippen molar-refractivity contribution in [2.24, 2.45) is 0 Å². The van der Waals surface area contributed by atoms with Gasteiger partial charge in [-0.15, -0.1) is 0 Å². The Bertz CT molecular complexity index is 1430. The van der Waals surface area contributed by atoms with Crippen LogP contribution in [0.4, 0.5) is 20.4 Å². The van der Waals surface area contributed by atoms with Gasteiger partial charge in [0.2, 0.25) is 0 Å². The van der Waals surface area contributed by atoms with Crippen molar-refractivity contribution in [1.29, 1.82) is 0 Å². The second-order valence-corrected chi connectivity index (χ2v) is 7.58. The summed E-state index contributed by atoms with van der Waals surface area (Å²) in [6.45, 7) is 1.93. The van der Waals surface area contributed by atoms with E-state index in [1.165, 1.54) is 30.3 Å². The van der Waals surface area contributed by atoms with E-state index in [1.54, 1.807) is 6.07 Å². The number of rotatable bonds is 4. The van der Waals surface area contributed by atoms with Gasteiger partial charge < -0.3 is 15.4 Å². The average molecular weight is 458 g/mol. The molecule has 5 aromatic rings. The molecule has 4 N–H and O–H groups in total. The number of hydrogen-bond acceptors (Lipinski definition) is 5. The first-order chi connectivity index (χ1) is 16.4. The molecule has 0 amide bonds. The highest BCUT2D eigenvalue weighted by atomic mass is 19.1. The second kappa shape index (κ2) is 10.2. The molecule has 34 heavy (non-hydrogen) atoms. The van der Waals surface area contributed by atoms with Crippen molar-refractivity contribution in [2.45, 2.75) is 6.92 Å². The van der Waals surface area contributed by atoms with E-state index < -0.39 is 12.9 Å². The van der Waals surface area contributed by atoms with Crippen LogP contribution >= 0.6 is 0 Å². The molecule has 0 aliphatic carbocycles. The van der Waals surface area contributed by atoms with Gasteiger partial charge in [-0.1, -0.05) is 48.5 Å². The van der Waals surface area contributed by atoms with E-state index in [2.05, 4.69) is 20.5 Å². The molecule has 0 atom stereocenters. The molecule has 0 spiro atoms. The molecule has 0 unspecified atom stereocenters. The Kier molecular flexibility index (Phi) is 6.96. The lowest BCUT2D eigenvalue weighted by atomic mass is 9.80. The molecule has 9 heteroatoms. The van der Waals surface area contributed by atoms with Crippen LogP contribution in [0.1, 0.15) is 5.69 Å². The lowest BCUT2D eigenvalue weighted by molar-refractivity contribution is 0.425. The molecule has 2 aromatic heterocycles. The fraction of sp³-hybridized carbons (Fsp3) is 0.0400. The van der Waals surface area contributed by atoms with E-state index in [1.807, 2.05) is 49.4 Å². The van der Waals surface area contributed by atoms with E-state index >= 15 is 0 Å². The molecule has 6 nitrogen and oxygen atoms in total. The quantitative estimate of drug-likeness (QED) is 0.301. The fourth-order valence-corrected chi connectivity index (χ4v) is 3.40. The topological polar surface area (TPSA) is 94.1 Å². The van der Waals surface area contributed by atoms with E-state index in [0.717, 1.165) is 33.8 Å². The lowest BCUT2D eigenvalue weighted by Gasteiger charge is -2.10. The summed E-state index contributed by atoms with van der Waals surface area (Å²) in [4.78, 5) is 4.69. The number of hydrogen-bond donors (Lipinski definition) is 4. The number of H-pyrrole nitrogens is 1. The SMILES string of the molecule is Cc1cc(Nc2cc3ccccc3c(-c3cccc(F)c3)n2)n[nH]1.OB(O)c1cccc(F)c1. The summed E-state index contributed by atoms with van der Waals surface area (Å²) >= 11 is 0. The number of pyridine rings is 1. The van der Waals surface area contributed by atoms with Gasteiger partial charge in [0.25, 0.3) is 0 Å². The highest BCUT2D eigenvalue weighted by Gasteiger charge is 2.11. The van der Waals surface area contributed by atoms with Crippen LogP contribution in [0.25, 0.3) is 22.0 Å². The average Bonchev–Trinajstić information content (AvgIpc) is 3.23. The number of nitrogens with zero attached hydrogens (tertiary/aromatic N) is 2. The van der Waals surface area contributed by atoms with Gasteiger partial charge in [0.05, 0.1) is 5.69 Å². The minimum absolute atomic E-state index is 0.167. The molecule has 0 radical (unpaired) electrons. The van der Waals surface area contributed by atoms with Crippen LogP contribution in [0, 0.1) is 18.6 Å². The fourth-order valence-electron chi connectivity index (χ4n) is 3.40. The molecule has 0 saturated heterocycles. The highest BCUT2D eigenvalue weighted by Crippen LogP contribution is 2.30. The smallest absolute Gasteiger partial charge is 0.423 e. The van der Waals surface area contributed by atoms with Crippen LogP contribution in [0.15, 0.2) is 84.9 Å². The third-order valence-electron chi connectivity index (χ3n) is 4.95. The molecule has 3 aromatic carbocycles. The number of benzene rings is 3. The Morgan fingerprint density at radius 3 is 2.21 bits per heavy atom. The van der Waals surface area contributed by atoms with Crippen molar-refractivity contribution in [1.82, 2.24) is 15.2 Å². The number of aromatic amines is 1. The third-order valence-corrected chi connectivity index (χ3v) is 4.95. The van der Waals surface area contributed by atoms with Crippen molar-refractivity contribution in [2.75, 3.05) is 5.32 Å².